The van der Waals surface area contributed by atoms with Crippen LogP contribution in [0.3, 0.4) is 0 Å². The number of aryl methyl sites for hydroxylation is 3. The van der Waals surface area contributed by atoms with Crippen molar-refractivity contribution < 1.29 is 17.9 Å². The van der Waals surface area contributed by atoms with Gasteiger partial charge >= 0.3 is 6.36 Å². The second-order valence-corrected chi connectivity index (χ2v) is 6.88. The summed E-state index contributed by atoms with van der Waals surface area (Å²) in [7, 11) is 0. The molecule has 9 heteroatoms. The monoisotopic (exact) mass is 413 g/mol. The average Bonchev–Trinajstić information content (AvgIpc) is 2.97. The Morgan fingerprint density at radius 2 is 1.63 bits per heavy atom. The van der Waals surface area contributed by atoms with E-state index < -0.39 is 6.36 Å². The summed E-state index contributed by atoms with van der Waals surface area (Å²) < 4.78 is 42.7. The minimum atomic E-state index is -4.73. The quantitative estimate of drug-likeness (QED) is 0.486. The molecule has 2 aromatic heterocycles. The van der Waals surface area contributed by atoms with Gasteiger partial charge in [-0.25, -0.2) is 9.97 Å². The van der Waals surface area contributed by atoms with Gasteiger partial charge in [0, 0.05) is 5.69 Å². The smallest absolute Gasteiger partial charge is 0.406 e. The molecule has 0 aliphatic carbocycles. The second kappa shape index (κ2) is 7.33. The highest BCUT2D eigenvalue weighted by Crippen LogP contribution is 2.26. The molecular formula is C21H18F3N5O. The highest BCUT2D eigenvalue weighted by atomic mass is 19.4. The van der Waals surface area contributed by atoms with Crippen LogP contribution in [0.2, 0.25) is 0 Å². The number of anilines is 2. The fourth-order valence-electron chi connectivity index (χ4n) is 3.15. The van der Waals surface area contributed by atoms with E-state index >= 15 is 0 Å². The maximum absolute atomic E-state index is 12.3. The fraction of sp³-hybridized carbons (Fsp3) is 0.190. The molecule has 0 aliphatic rings. The topological polar surface area (TPSA) is 64.9 Å². The highest BCUT2D eigenvalue weighted by molar-refractivity contribution is 5.80. The van der Waals surface area contributed by atoms with E-state index in [0.29, 0.717) is 17.3 Å². The Balaban J connectivity index is 1.63. The summed E-state index contributed by atoms with van der Waals surface area (Å²) in [6.45, 7) is 5.97. The maximum Gasteiger partial charge on any atom is 0.573 e. The number of halogens is 3. The standard InChI is InChI=1S/C21H18F3N5O/c1-12-8-17-18(9-13(12)2)29(14(3)26-17)20-11-25-10-19(28-20)27-15-4-6-16(7-5-15)30-21(22,23)24/h4-11H,1-3H3,(H,27,28). The molecule has 0 spiro atoms. The van der Waals surface area contributed by atoms with Gasteiger partial charge in [-0.3, -0.25) is 9.55 Å². The predicted octanol–water partition coefficient (Wildman–Crippen LogP) is 5.38. The van der Waals surface area contributed by atoms with Gasteiger partial charge in [0.25, 0.3) is 0 Å². The molecule has 0 unspecified atom stereocenters. The van der Waals surface area contributed by atoms with E-state index in [0.717, 1.165) is 28.0 Å². The number of hydrogen-bond acceptors (Lipinski definition) is 5. The van der Waals surface area contributed by atoms with Crippen molar-refractivity contribution in [1.29, 1.82) is 0 Å². The number of nitrogens with zero attached hydrogens (tertiary/aromatic N) is 4. The molecule has 0 fully saturated rings. The van der Waals surface area contributed by atoms with Crippen molar-refractivity contribution >= 4 is 22.5 Å². The summed E-state index contributed by atoms with van der Waals surface area (Å²) >= 11 is 0. The summed E-state index contributed by atoms with van der Waals surface area (Å²) in [5, 5.41) is 3.04. The molecule has 4 rings (SSSR count). The normalized spacial score (nSPS) is 11.7. The summed E-state index contributed by atoms with van der Waals surface area (Å²) in [4.78, 5) is 13.5. The SMILES string of the molecule is Cc1cc2nc(C)n(-c3cncc(Nc4ccc(OC(F)(F)F)cc4)n3)c2cc1C. The maximum atomic E-state index is 12.3. The zero-order valence-corrected chi connectivity index (χ0v) is 16.4. The van der Waals surface area contributed by atoms with Crippen molar-refractivity contribution in [2.45, 2.75) is 27.1 Å². The number of aromatic nitrogens is 4. The molecule has 2 heterocycles. The fourth-order valence-corrected chi connectivity index (χ4v) is 3.15. The Morgan fingerprint density at radius 1 is 0.933 bits per heavy atom. The number of fused-ring (bicyclic) bond motifs is 1. The molecule has 30 heavy (non-hydrogen) atoms. The molecular weight excluding hydrogens is 395 g/mol. The molecule has 0 saturated heterocycles. The van der Waals surface area contributed by atoms with Crippen molar-refractivity contribution in [3.05, 3.63) is 65.7 Å². The lowest BCUT2D eigenvalue weighted by atomic mass is 10.1. The van der Waals surface area contributed by atoms with Crippen molar-refractivity contribution in [2.75, 3.05) is 5.32 Å². The third-order valence-electron chi connectivity index (χ3n) is 4.65. The Kier molecular flexibility index (Phi) is 4.81. The van der Waals surface area contributed by atoms with Gasteiger partial charge in [0.15, 0.2) is 11.6 Å². The molecule has 0 aliphatic heterocycles. The van der Waals surface area contributed by atoms with E-state index in [1.165, 1.54) is 30.5 Å². The molecule has 154 valence electrons. The van der Waals surface area contributed by atoms with E-state index in [4.69, 9.17) is 0 Å². The molecule has 0 saturated carbocycles. The Morgan fingerprint density at radius 3 is 2.33 bits per heavy atom. The third kappa shape index (κ3) is 4.05. The van der Waals surface area contributed by atoms with Crippen LogP contribution in [0, 0.1) is 20.8 Å². The van der Waals surface area contributed by atoms with Crippen LogP contribution >= 0.6 is 0 Å². The molecule has 1 N–H and O–H groups in total. The van der Waals surface area contributed by atoms with E-state index in [-0.39, 0.29) is 5.75 Å². The van der Waals surface area contributed by atoms with Crippen molar-refractivity contribution in [3.63, 3.8) is 0 Å². The Bertz CT molecular complexity index is 1220. The van der Waals surface area contributed by atoms with Crippen LogP contribution in [0.25, 0.3) is 16.9 Å². The lowest BCUT2D eigenvalue weighted by Crippen LogP contribution is -2.16. The number of alkyl halides is 3. The third-order valence-corrected chi connectivity index (χ3v) is 4.65. The first-order valence-electron chi connectivity index (χ1n) is 9.11. The number of benzene rings is 2. The van der Waals surface area contributed by atoms with Gasteiger partial charge in [-0.05, 0) is 68.3 Å². The lowest BCUT2D eigenvalue weighted by Gasteiger charge is -2.11. The van der Waals surface area contributed by atoms with Crippen LogP contribution in [0.4, 0.5) is 24.7 Å². The molecule has 0 bridgehead atoms. The second-order valence-electron chi connectivity index (χ2n) is 6.88. The van der Waals surface area contributed by atoms with Gasteiger partial charge in [0.1, 0.15) is 11.6 Å². The minimum Gasteiger partial charge on any atom is -0.406 e. The van der Waals surface area contributed by atoms with Crippen molar-refractivity contribution in [1.82, 2.24) is 19.5 Å². The first-order valence-corrected chi connectivity index (χ1v) is 9.11. The number of imidazole rings is 1. The Hall–Kier alpha value is -3.62. The molecule has 0 radical (unpaired) electrons. The zero-order valence-electron chi connectivity index (χ0n) is 16.4. The number of rotatable bonds is 4. The first-order chi connectivity index (χ1) is 14.2. The Labute approximate surface area is 170 Å². The van der Waals surface area contributed by atoms with Crippen LogP contribution < -0.4 is 10.1 Å². The van der Waals surface area contributed by atoms with E-state index in [1.807, 2.05) is 31.4 Å². The van der Waals surface area contributed by atoms with Crippen molar-refractivity contribution in [2.24, 2.45) is 0 Å². The molecule has 2 aromatic carbocycles. The minimum absolute atomic E-state index is 0.293. The average molecular weight is 413 g/mol. The van der Waals surface area contributed by atoms with Gasteiger partial charge < -0.3 is 10.1 Å². The molecule has 0 amide bonds. The van der Waals surface area contributed by atoms with Gasteiger partial charge in [-0.2, -0.15) is 0 Å². The van der Waals surface area contributed by atoms with E-state index in [9.17, 15) is 13.2 Å². The van der Waals surface area contributed by atoms with Crippen LogP contribution in [0.15, 0.2) is 48.8 Å². The van der Waals surface area contributed by atoms with Crippen LogP contribution in [-0.2, 0) is 0 Å². The van der Waals surface area contributed by atoms with Gasteiger partial charge in [-0.15, -0.1) is 13.2 Å². The van der Waals surface area contributed by atoms with Crippen LogP contribution in [0.1, 0.15) is 17.0 Å². The van der Waals surface area contributed by atoms with Gasteiger partial charge in [-0.1, -0.05) is 0 Å². The molecule has 4 aromatic rings. The molecule has 6 nitrogen and oxygen atoms in total. The summed E-state index contributed by atoms with van der Waals surface area (Å²) in [6.07, 6.45) is -1.56. The first kappa shape index (κ1) is 19.7. The molecule has 0 atom stereocenters. The summed E-state index contributed by atoms with van der Waals surface area (Å²) in [5.74, 6) is 1.51. The highest BCUT2D eigenvalue weighted by Gasteiger charge is 2.30. The van der Waals surface area contributed by atoms with Crippen LogP contribution in [0.5, 0.6) is 5.75 Å². The number of hydrogen-bond donors (Lipinski definition) is 1. The predicted molar refractivity (Wildman–Crippen MR) is 107 cm³/mol. The van der Waals surface area contributed by atoms with Gasteiger partial charge in [0.05, 0.1) is 23.4 Å². The largest absolute Gasteiger partial charge is 0.573 e. The number of ether oxygens (including phenoxy) is 1. The summed E-state index contributed by atoms with van der Waals surface area (Å²) in [5.41, 5.74) is 4.65. The van der Waals surface area contributed by atoms with Crippen molar-refractivity contribution in [3.8, 4) is 11.6 Å². The zero-order chi connectivity index (χ0) is 21.5. The number of nitrogens with one attached hydrogen (secondary N) is 1. The van der Waals surface area contributed by atoms with E-state index in [2.05, 4.69) is 31.1 Å². The summed E-state index contributed by atoms with van der Waals surface area (Å²) in [6, 6.07) is 9.50. The van der Waals surface area contributed by atoms with Gasteiger partial charge in [0.2, 0.25) is 0 Å². The van der Waals surface area contributed by atoms with E-state index in [1.54, 1.807) is 6.20 Å². The van der Waals surface area contributed by atoms with Crippen LogP contribution in [-0.4, -0.2) is 25.9 Å². The lowest BCUT2D eigenvalue weighted by molar-refractivity contribution is -0.274.